The van der Waals surface area contributed by atoms with Gasteiger partial charge in [-0.2, -0.15) is 0 Å². The Hall–Kier alpha value is -2.28. The van der Waals surface area contributed by atoms with Gasteiger partial charge in [0.05, 0.1) is 11.5 Å². The van der Waals surface area contributed by atoms with E-state index in [0.29, 0.717) is 51.9 Å². The predicted molar refractivity (Wildman–Crippen MR) is 133 cm³/mol. The molecule has 0 aromatic heterocycles. The SMILES string of the molecule is C=CCc1cc(/C=C2/SC(=S)N(CC)C2=O)cc(OCC)c1OCc1ccc(Cl)cc1. The van der Waals surface area contributed by atoms with Crippen LogP contribution >= 0.6 is 35.6 Å². The van der Waals surface area contributed by atoms with Gasteiger partial charge in [-0.3, -0.25) is 9.69 Å². The molecule has 1 fully saturated rings. The van der Waals surface area contributed by atoms with Crippen molar-refractivity contribution in [2.75, 3.05) is 13.2 Å². The third kappa shape index (κ3) is 5.70. The number of carbonyl (C=O) groups is 1. The van der Waals surface area contributed by atoms with Gasteiger partial charge in [0, 0.05) is 17.1 Å². The van der Waals surface area contributed by atoms with Crippen molar-refractivity contribution in [3.05, 3.63) is 75.7 Å². The summed E-state index contributed by atoms with van der Waals surface area (Å²) < 4.78 is 12.6. The second-order valence-corrected chi connectivity index (χ2v) is 8.89. The quantitative estimate of drug-likeness (QED) is 0.244. The van der Waals surface area contributed by atoms with E-state index in [-0.39, 0.29) is 5.91 Å². The van der Waals surface area contributed by atoms with E-state index in [1.807, 2.05) is 62.4 Å². The number of nitrogens with zero attached hydrogens (tertiary/aromatic N) is 1. The van der Waals surface area contributed by atoms with E-state index in [2.05, 4.69) is 6.58 Å². The summed E-state index contributed by atoms with van der Waals surface area (Å²) in [5.41, 5.74) is 2.80. The maximum atomic E-state index is 12.6. The van der Waals surface area contributed by atoms with Crippen molar-refractivity contribution in [1.29, 1.82) is 0 Å². The van der Waals surface area contributed by atoms with E-state index in [9.17, 15) is 4.79 Å². The summed E-state index contributed by atoms with van der Waals surface area (Å²) in [6, 6.07) is 11.4. The van der Waals surface area contributed by atoms with Crippen LogP contribution in [0.4, 0.5) is 0 Å². The van der Waals surface area contributed by atoms with Crippen molar-refractivity contribution in [3.8, 4) is 11.5 Å². The summed E-state index contributed by atoms with van der Waals surface area (Å²) in [5.74, 6) is 1.24. The number of ether oxygens (including phenoxy) is 2. The van der Waals surface area contributed by atoms with Crippen molar-refractivity contribution in [2.45, 2.75) is 26.9 Å². The van der Waals surface area contributed by atoms with Gasteiger partial charge in [-0.05, 0) is 61.7 Å². The Balaban J connectivity index is 1.95. The molecule has 4 nitrogen and oxygen atoms in total. The number of amides is 1. The van der Waals surface area contributed by atoms with Crippen LogP contribution in [-0.2, 0) is 17.8 Å². The topological polar surface area (TPSA) is 38.8 Å². The fourth-order valence-corrected chi connectivity index (χ4v) is 4.67. The zero-order valence-electron chi connectivity index (χ0n) is 17.5. The number of rotatable bonds is 9. The van der Waals surface area contributed by atoms with Gasteiger partial charge in [-0.25, -0.2) is 0 Å². The fourth-order valence-electron chi connectivity index (χ4n) is 3.16. The van der Waals surface area contributed by atoms with Crippen LogP contribution in [0.3, 0.4) is 0 Å². The van der Waals surface area contributed by atoms with Crippen molar-refractivity contribution in [2.24, 2.45) is 0 Å². The molecule has 3 rings (SSSR count). The van der Waals surface area contributed by atoms with Crippen LogP contribution in [0.5, 0.6) is 11.5 Å². The van der Waals surface area contributed by atoms with Crippen molar-refractivity contribution < 1.29 is 14.3 Å². The number of halogens is 1. The van der Waals surface area contributed by atoms with Gasteiger partial charge in [0.25, 0.3) is 5.91 Å². The predicted octanol–water partition coefficient (Wildman–Crippen LogP) is 6.27. The number of hydrogen-bond donors (Lipinski definition) is 0. The molecule has 1 aliphatic rings. The summed E-state index contributed by atoms with van der Waals surface area (Å²) in [5, 5.41) is 0.684. The van der Waals surface area contributed by atoms with Gasteiger partial charge in [-0.15, -0.1) is 6.58 Å². The first-order chi connectivity index (χ1) is 15.0. The molecular formula is C24H24ClNO3S2. The van der Waals surface area contributed by atoms with E-state index < -0.39 is 0 Å². The summed E-state index contributed by atoms with van der Waals surface area (Å²) in [6.07, 6.45) is 4.28. The number of hydrogen-bond acceptors (Lipinski definition) is 5. The lowest BCUT2D eigenvalue weighted by Gasteiger charge is -2.17. The number of allylic oxidation sites excluding steroid dienone is 1. The van der Waals surface area contributed by atoms with Crippen LogP contribution in [0.25, 0.3) is 6.08 Å². The molecule has 1 amide bonds. The summed E-state index contributed by atoms with van der Waals surface area (Å²) in [6.45, 7) is 9.14. The Morgan fingerprint density at radius 1 is 1.19 bits per heavy atom. The van der Waals surface area contributed by atoms with Gasteiger partial charge in [0.2, 0.25) is 0 Å². The third-order valence-electron chi connectivity index (χ3n) is 4.60. The first kappa shape index (κ1) is 23.4. The summed E-state index contributed by atoms with van der Waals surface area (Å²) in [7, 11) is 0. The number of thiocarbonyl (C=S) groups is 1. The standard InChI is InChI=1S/C24H24ClNO3S2/c1-4-7-18-12-17(14-21-23(27)26(5-2)24(30)31-21)13-20(28-6-3)22(18)29-15-16-8-10-19(25)11-9-16/h4,8-14H,1,5-7,15H2,2-3H3/b21-14+. The minimum atomic E-state index is -0.0659. The average molecular weight is 474 g/mol. The number of carbonyl (C=O) groups excluding carboxylic acids is 1. The van der Waals surface area contributed by atoms with Crippen LogP contribution in [0.15, 0.2) is 54.0 Å². The highest BCUT2D eigenvalue weighted by Crippen LogP contribution is 2.37. The highest BCUT2D eigenvalue weighted by Gasteiger charge is 2.30. The minimum Gasteiger partial charge on any atom is -0.490 e. The molecule has 1 aliphatic heterocycles. The van der Waals surface area contributed by atoms with Crippen LogP contribution in [0.2, 0.25) is 5.02 Å². The largest absolute Gasteiger partial charge is 0.490 e. The average Bonchev–Trinajstić information content (AvgIpc) is 3.01. The van der Waals surface area contributed by atoms with E-state index in [1.54, 1.807) is 4.90 Å². The number of thioether (sulfide) groups is 1. The third-order valence-corrected chi connectivity index (χ3v) is 6.23. The Labute approximate surface area is 197 Å². The lowest BCUT2D eigenvalue weighted by Crippen LogP contribution is -2.27. The van der Waals surface area contributed by atoms with Gasteiger partial charge in [-0.1, -0.05) is 53.8 Å². The Kier molecular flexibility index (Phi) is 8.18. The molecule has 0 radical (unpaired) electrons. The molecule has 7 heteroatoms. The van der Waals surface area contributed by atoms with E-state index in [1.165, 1.54) is 11.8 Å². The highest BCUT2D eigenvalue weighted by atomic mass is 35.5. The number of benzene rings is 2. The van der Waals surface area contributed by atoms with E-state index in [4.69, 9.17) is 33.3 Å². The van der Waals surface area contributed by atoms with Gasteiger partial charge in [0.15, 0.2) is 11.5 Å². The van der Waals surface area contributed by atoms with Crippen LogP contribution in [0, 0.1) is 0 Å². The molecule has 0 N–H and O–H groups in total. The minimum absolute atomic E-state index is 0.0659. The summed E-state index contributed by atoms with van der Waals surface area (Å²) >= 11 is 12.6. The zero-order valence-corrected chi connectivity index (χ0v) is 19.9. The molecule has 162 valence electrons. The van der Waals surface area contributed by atoms with Crippen LogP contribution in [-0.4, -0.2) is 28.3 Å². The maximum Gasteiger partial charge on any atom is 0.266 e. The Bertz CT molecular complexity index is 1020. The smallest absolute Gasteiger partial charge is 0.266 e. The molecule has 0 spiro atoms. The Morgan fingerprint density at radius 3 is 2.55 bits per heavy atom. The molecule has 0 saturated carbocycles. The molecule has 1 heterocycles. The van der Waals surface area contributed by atoms with Crippen molar-refractivity contribution in [1.82, 2.24) is 4.90 Å². The van der Waals surface area contributed by atoms with Gasteiger partial charge < -0.3 is 9.47 Å². The summed E-state index contributed by atoms with van der Waals surface area (Å²) in [4.78, 5) is 14.8. The van der Waals surface area contributed by atoms with E-state index >= 15 is 0 Å². The fraction of sp³-hybridized carbons (Fsp3) is 0.250. The van der Waals surface area contributed by atoms with Crippen molar-refractivity contribution in [3.63, 3.8) is 0 Å². The molecule has 31 heavy (non-hydrogen) atoms. The van der Waals surface area contributed by atoms with Crippen LogP contribution in [0.1, 0.15) is 30.5 Å². The maximum absolute atomic E-state index is 12.6. The van der Waals surface area contributed by atoms with Gasteiger partial charge in [0.1, 0.15) is 10.9 Å². The van der Waals surface area contributed by atoms with E-state index in [0.717, 1.165) is 16.7 Å². The molecule has 1 saturated heterocycles. The molecule has 2 aromatic rings. The molecule has 0 bridgehead atoms. The second kappa shape index (κ2) is 10.8. The van der Waals surface area contributed by atoms with Gasteiger partial charge >= 0.3 is 0 Å². The molecule has 2 aromatic carbocycles. The molecular weight excluding hydrogens is 450 g/mol. The van der Waals surface area contributed by atoms with Crippen molar-refractivity contribution >= 4 is 51.9 Å². The lowest BCUT2D eigenvalue weighted by molar-refractivity contribution is -0.121. The highest BCUT2D eigenvalue weighted by molar-refractivity contribution is 8.26. The van der Waals surface area contributed by atoms with Crippen LogP contribution < -0.4 is 9.47 Å². The second-order valence-electron chi connectivity index (χ2n) is 6.77. The molecule has 0 unspecified atom stereocenters. The molecule has 0 aliphatic carbocycles. The number of likely N-dealkylation sites (N-methyl/N-ethyl adjacent to an activating group) is 1. The first-order valence-corrected chi connectivity index (χ1v) is 11.6. The zero-order chi connectivity index (χ0) is 22.4. The molecule has 0 atom stereocenters. The lowest BCUT2D eigenvalue weighted by atomic mass is 10.0. The normalized spacial score (nSPS) is 14.9. The Morgan fingerprint density at radius 2 is 1.94 bits per heavy atom. The monoisotopic (exact) mass is 473 g/mol. The first-order valence-electron chi connectivity index (χ1n) is 10.00.